The second-order valence-electron chi connectivity index (χ2n) is 3.51. The molecule has 3 N–H and O–H groups in total. The Morgan fingerprint density at radius 2 is 2.06 bits per heavy atom. The summed E-state index contributed by atoms with van der Waals surface area (Å²) in [4.78, 5) is 15.3. The molecule has 5 nitrogen and oxygen atoms in total. The van der Waals surface area contributed by atoms with Gasteiger partial charge in [0.25, 0.3) is 5.91 Å². The van der Waals surface area contributed by atoms with Crippen molar-refractivity contribution in [2.45, 2.75) is 0 Å². The monoisotopic (exact) mass is 248 g/mol. The molecule has 0 aliphatic heterocycles. The Kier molecular flexibility index (Phi) is 3.09. The first-order valence-corrected chi connectivity index (χ1v) is 5.01. The molecule has 0 spiro atoms. The Bertz CT molecular complexity index is 602. The van der Waals surface area contributed by atoms with Crippen LogP contribution in [0, 0.1) is 5.82 Å². The third-order valence-corrected chi connectivity index (χ3v) is 2.25. The molecule has 0 unspecified atom stereocenters. The number of halogens is 1. The largest absolute Gasteiger partial charge is 0.508 e. The van der Waals surface area contributed by atoms with E-state index in [-0.39, 0.29) is 22.7 Å². The van der Waals surface area contributed by atoms with Gasteiger partial charge in [0.05, 0.1) is 17.4 Å². The molecule has 0 bridgehead atoms. The average molecular weight is 248 g/mol. The fraction of sp³-hybridized carbons (Fsp3) is 0. The van der Waals surface area contributed by atoms with Crippen molar-refractivity contribution in [1.82, 2.24) is 4.98 Å². The molecule has 1 heterocycles. The first-order valence-electron chi connectivity index (χ1n) is 5.01. The van der Waals surface area contributed by atoms with Crippen molar-refractivity contribution in [3.63, 3.8) is 0 Å². The van der Waals surface area contributed by atoms with Crippen molar-refractivity contribution < 1.29 is 19.4 Å². The van der Waals surface area contributed by atoms with Crippen molar-refractivity contribution in [2.75, 3.05) is 5.32 Å². The summed E-state index contributed by atoms with van der Waals surface area (Å²) in [6.45, 7) is 0. The summed E-state index contributed by atoms with van der Waals surface area (Å²) >= 11 is 0. The molecule has 2 aromatic rings. The van der Waals surface area contributed by atoms with Crippen molar-refractivity contribution in [3.05, 3.63) is 48.0 Å². The van der Waals surface area contributed by atoms with Crippen LogP contribution >= 0.6 is 0 Å². The number of anilines is 1. The lowest BCUT2D eigenvalue weighted by Crippen LogP contribution is -2.13. The Balaban J connectivity index is 2.25. The first kappa shape index (κ1) is 11.8. The summed E-state index contributed by atoms with van der Waals surface area (Å²) < 4.78 is 13.3. The molecule has 0 radical (unpaired) electrons. The van der Waals surface area contributed by atoms with Crippen molar-refractivity contribution in [3.8, 4) is 11.5 Å². The van der Waals surface area contributed by atoms with Gasteiger partial charge in [-0.3, -0.25) is 9.78 Å². The zero-order chi connectivity index (χ0) is 13.1. The third kappa shape index (κ3) is 2.37. The van der Waals surface area contributed by atoms with Gasteiger partial charge in [-0.05, 0) is 18.2 Å². The number of aromatic nitrogens is 1. The Morgan fingerprint density at radius 1 is 1.28 bits per heavy atom. The number of carbonyl (C=O) groups is 1. The van der Waals surface area contributed by atoms with E-state index < -0.39 is 11.7 Å². The van der Waals surface area contributed by atoms with Gasteiger partial charge in [0.2, 0.25) is 0 Å². The van der Waals surface area contributed by atoms with Gasteiger partial charge in [0, 0.05) is 12.3 Å². The maximum atomic E-state index is 13.3. The van der Waals surface area contributed by atoms with Crippen LogP contribution in [-0.4, -0.2) is 21.1 Å². The number of nitrogens with zero attached hydrogens (tertiary/aromatic N) is 1. The summed E-state index contributed by atoms with van der Waals surface area (Å²) in [5.41, 5.74) is -0.105. The van der Waals surface area contributed by atoms with Crippen molar-refractivity contribution in [2.24, 2.45) is 0 Å². The zero-order valence-electron chi connectivity index (χ0n) is 9.09. The van der Waals surface area contributed by atoms with Gasteiger partial charge in [-0.2, -0.15) is 0 Å². The highest BCUT2D eigenvalue weighted by Crippen LogP contribution is 2.23. The summed E-state index contributed by atoms with van der Waals surface area (Å²) in [5, 5.41) is 20.9. The molecule has 1 amide bonds. The van der Waals surface area contributed by atoms with E-state index in [9.17, 15) is 14.3 Å². The maximum Gasteiger partial charge on any atom is 0.259 e. The molecule has 6 heteroatoms. The summed E-state index contributed by atoms with van der Waals surface area (Å²) in [5.74, 6) is -1.91. The molecule has 0 saturated heterocycles. The second kappa shape index (κ2) is 4.70. The van der Waals surface area contributed by atoms with Crippen LogP contribution in [0.15, 0.2) is 36.7 Å². The number of phenols is 2. The fourth-order valence-electron chi connectivity index (χ4n) is 1.38. The molecule has 2 rings (SSSR count). The van der Waals surface area contributed by atoms with E-state index in [1.165, 1.54) is 24.4 Å². The minimum atomic E-state index is -0.683. The lowest BCUT2D eigenvalue weighted by molar-refractivity contribution is 0.102. The van der Waals surface area contributed by atoms with Crippen molar-refractivity contribution in [1.29, 1.82) is 0 Å². The molecular weight excluding hydrogens is 239 g/mol. The number of hydrogen-bond donors (Lipinski definition) is 3. The third-order valence-electron chi connectivity index (χ3n) is 2.25. The lowest BCUT2D eigenvalue weighted by Gasteiger charge is -2.07. The first-order chi connectivity index (χ1) is 8.58. The molecule has 18 heavy (non-hydrogen) atoms. The van der Waals surface area contributed by atoms with Gasteiger partial charge in [0.15, 0.2) is 5.82 Å². The van der Waals surface area contributed by atoms with Crippen LogP contribution in [0.5, 0.6) is 11.5 Å². The van der Waals surface area contributed by atoms with Gasteiger partial charge in [-0.25, -0.2) is 4.39 Å². The molecule has 0 aliphatic rings. The molecular formula is C12H9FN2O3. The summed E-state index contributed by atoms with van der Waals surface area (Å²) in [7, 11) is 0. The lowest BCUT2D eigenvalue weighted by atomic mass is 10.1. The van der Waals surface area contributed by atoms with E-state index in [1.807, 2.05) is 0 Å². The normalized spacial score (nSPS) is 10.1. The number of benzene rings is 1. The van der Waals surface area contributed by atoms with Crippen LogP contribution in [0.25, 0.3) is 0 Å². The number of phenolic OH excluding ortho intramolecular Hbond substituents is 2. The Labute approximate surface area is 102 Å². The highest BCUT2D eigenvalue weighted by Gasteiger charge is 2.13. The minimum absolute atomic E-state index is 0.0394. The standard InChI is InChI=1S/C12H9FN2O3/c13-9-6-14-4-3-10(9)15-12(18)8-2-1-7(16)5-11(8)17/h1-6,16-17H,(H,14,15,18). The molecule has 0 saturated carbocycles. The number of amides is 1. The van der Waals surface area contributed by atoms with Crippen LogP contribution < -0.4 is 5.32 Å². The van der Waals surface area contributed by atoms with Crippen LogP contribution in [0.3, 0.4) is 0 Å². The van der Waals surface area contributed by atoms with E-state index >= 15 is 0 Å². The summed E-state index contributed by atoms with van der Waals surface area (Å²) in [6, 6.07) is 4.80. The predicted molar refractivity (Wildman–Crippen MR) is 61.9 cm³/mol. The number of nitrogens with one attached hydrogen (secondary N) is 1. The highest BCUT2D eigenvalue weighted by atomic mass is 19.1. The average Bonchev–Trinajstić information content (AvgIpc) is 2.32. The zero-order valence-corrected chi connectivity index (χ0v) is 9.09. The number of carbonyl (C=O) groups excluding carboxylic acids is 1. The van der Waals surface area contributed by atoms with Crippen LogP contribution in [-0.2, 0) is 0 Å². The van der Waals surface area contributed by atoms with Crippen LogP contribution in [0.2, 0.25) is 0 Å². The minimum Gasteiger partial charge on any atom is -0.508 e. The predicted octanol–water partition coefficient (Wildman–Crippen LogP) is 1.88. The Hall–Kier alpha value is -2.63. The van der Waals surface area contributed by atoms with Gasteiger partial charge in [-0.1, -0.05) is 0 Å². The van der Waals surface area contributed by atoms with Crippen LogP contribution in [0.4, 0.5) is 10.1 Å². The van der Waals surface area contributed by atoms with E-state index in [0.29, 0.717) is 0 Å². The number of pyridine rings is 1. The van der Waals surface area contributed by atoms with E-state index in [4.69, 9.17) is 5.11 Å². The van der Waals surface area contributed by atoms with Crippen LogP contribution in [0.1, 0.15) is 10.4 Å². The molecule has 1 aromatic heterocycles. The molecule has 0 fully saturated rings. The maximum absolute atomic E-state index is 13.3. The van der Waals surface area contributed by atoms with E-state index in [2.05, 4.69) is 10.3 Å². The smallest absolute Gasteiger partial charge is 0.259 e. The highest BCUT2D eigenvalue weighted by molar-refractivity contribution is 6.06. The SMILES string of the molecule is O=C(Nc1ccncc1F)c1ccc(O)cc1O. The van der Waals surface area contributed by atoms with E-state index in [0.717, 1.165) is 12.3 Å². The van der Waals surface area contributed by atoms with Gasteiger partial charge < -0.3 is 15.5 Å². The molecule has 0 aliphatic carbocycles. The van der Waals surface area contributed by atoms with Gasteiger partial charge in [0.1, 0.15) is 11.5 Å². The van der Waals surface area contributed by atoms with Crippen molar-refractivity contribution >= 4 is 11.6 Å². The number of rotatable bonds is 2. The topological polar surface area (TPSA) is 82.5 Å². The second-order valence-corrected chi connectivity index (χ2v) is 3.51. The van der Waals surface area contributed by atoms with E-state index in [1.54, 1.807) is 0 Å². The molecule has 1 aromatic carbocycles. The van der Waals surface area contributed by atoms with Gasteiger partial charge in [-0.15, -0.1) is 0 Å². The Morgan fingerprint density at radius 3 is 2.72 bits per heavy atom. The molecule has 0 atom stereocenters. The number of hydrogen-bond acceptors (Lipinski definition) is 4. The summed E-state index contributed by atoms with van der Waals surface area (Å²) in [6.07, 6.45) is 2.29. The quantitative estimate of drug-likeness (QED) is 0.757. The fourth-order valence-corrected chi connectivity index (χ4v) is 1.38. The number of aromatic hydroxyl groups is 2. The molecule has 92 valence electrons. The van der Waals surface area contributed by atoms with Gasteiger partial charge >= 0.3 is 0 Å².